The van der Waals surface area contributed by atoms with Gasteiger partial charge in [0.2, 0.25) is 0 Å². The summed E-state index contributed by atoms with van der Waals surface area (Å²) in [6, 6.07) is 0. The summed E-state index contributed by atoms with van der Waals surface area (Å²) in [4.78, 5) is 40.2. The van der Waals surface area contributed by atoms with Crippen molar-refractivity contribution < 1.29 is 37.9 Å². The molecule has 0 aromatic rings. The lowest BCUT2D eigenvalue weighted by molar-refractivity contribution is -0.150. The Morgan fingerprint density at radius 3 is 1.92 bits per heavy atom. The van der Waals surface area contributed by atoms with Crippen molar-refractivity contribution in [2.24, 2.45) is 0 Å². The third-order valence-corrected chi connectivity index (χ3v) is 6.50. The van der Waals surface area contributed by atoms with Gasteiger partial charge in [-0.3, -0.25) is 14.1 Å². The van der Waals surface area contributed by atoms with Crippen molar-refractivity contribution in [3.63, 3.8) is 0 Å². The Bertz CT molecular complexity index is 558. The van der Waals surface area contributed by atoms with Gasteiger partial charge >= 0.3 is 13.8 Å². The molecule has 36 heavy (non-hydrogen) atoms. The third kappa shape index (κ3) is 27.6. The minimum Gasteiger partial charge on any atom is -0.468 e. The van der Waals surface area contributed by atoms with Crippen molar-refractivity contribution in [1.82, 2.24) is 5.32 Å². The number of carbonyl (C=O) groups excluding carboxylic acids is 2. The summed E-state index contributed by atoms with van der Waals surface area (Å²) < 4.78 is 25.7. The largest absolute Gasteiger partial charge is 0.469 e. The van der Waals surface area contributed by atoms with E-state index in [2.05, 4.69) is 21.5 Å². The molecule has 0 heterocycles. The molecule has 214 valence electrons. The SMILES string of the molecule is CCCCCCCCCC(=O)O[C@@H](CNCCCCCCCCCCCCOC=O)COP(=O)(O)O. The van der Waals surface area contributed by atoms with Crippen LogP contribution in [0.5, 0.6) is 0 Å². The van der Waals surface area contributed by atoms with Gasteiger partial charge in [-0.15, -0.1) is 0 Å². The first-order valence-corrected chi connectivity index (χ1v) is 15.6. The van der Waals surface area contributed by atoms with Crippen LogP contribution in [0.4, 0.5) is 0 Å². The Hall–Kier alpha value is -0.990. The first-order valence-electron chi connectivity index (χ1n) is 14.0. The van der Waals surface area contributed by atoms with E-state index < -0.39 is 13.9 Å². The van der Waals surface area contributed by atoms with E-state index in [1.54, 1.807) is 0 Å². The minimum absolute atomic E-state index is 0.306. The maximum Gasteiger partial charge on any atom is 0.469 e. The molecule has 10 heteroatoms. The van der Waals surface area contributed by atoms with Crippen LogP contribution in [0, 0.1) is 0 Å². The van der Waals surface area contributed by atoms with E-state index >= 15 is 0 Å². The molecule has 0 saturated heterocycles. The molecule has 0 spiro atoms. The second-order valence-corrected chi connectivity index (χ2v) is 10.7. The Balaban J connectivity index is 3.84. The highest BCUT2D eigenvalue weighted by Gasteiger charge is 2.21. The molecule has 0 amide bonds. The number of ether oxygens (including phenoxy) is 2. The highest BCUT2D eigenvalue weighted by molar-refractivity contribution is 7.46. The number of carbonyl (C=O) groups is 2. The molecule has 0 aromatic carbocycles. The van der Waals surface area contributed by atoms with Crippen LogP contribution in [0.1, 0.15) is 122 Å². The Morgan fingerprint density at radius 1 is 0.833 bits per heavy atom. The van der Waals surface area contributed by atoms with Crippen molar-refractivity contribution in [1.29, 1.82) is 0 Å². The summed E-state index contributed by atoms with van der Waals surface area (Å²) in [5, 5.41) is 3.22. The molecule has 0 saturated carbocycles. The fourth-order valence-electron chi connectivity index (χ4n) is 3.95. The minimum atomic E-state index is -4.61. The maximum atomic E-state index is 12.2. The summed E-state index contributed by atoms with van der Waals surface area (Å²) >= 11 is 0. The van der Waals surface area contributed by atoms with Crippen LogP contribution in [0.2, 0.25) is 0 Å². The molecule has 0 rings (SSSR count). The van der Waals surface area contributed by atoms with Crippen molar-refractivity contribution in [2.45, 2.75) is 129 Å². The molecular formula is C26H52NO8P. The van der Waals surface area contributed by atoms with E-state index in [-0.39, 0.29) is 12.6 Å². The first-order chi connectivity index (χ1) is 17.4. The van der Waals surface area contributed by atoms with Gasteiger partial charge in [0.05, 0.1) is 13.2 Å². The Kier molecular flexibility index (Phi) is 24.9. The average Bonchev–Trinajstić information content (AvgIpc) is 2.83. The van der Waals surface area contributed by atoms with E-state index in [1.807, 2.05) is 0 Å². The molecule has 9 nitrogen and oxygen atoms in total. The second kappa shape index (κ2) is 25.7. The van der Waals surface area contributed by atoms with Gasteiger partial charge in [0.15, 0.2) is 0 Å². The molecule has 0 unspecified atom stereocenters. The molecule has 0 radical (unpaired) electrons. The molecule has 0 aliphatic rings. The number of nitrogens with one attached hydrogen (secondary N) is 1. The molecule has 3 N–H and O–H groups in total. The van der Waals surface area contributed by atoms with Gasteiger partial charge in [0, 0.05) is 13.0 Å². The maximum absolute atomic E-state index is 12.2. The van der Waals surface area contributed by atoms with Crippen molar-refractivity contribution in [2.75, 3.05) is 26.3 Å². The highest BCUT2D eigenvalue weighted by Crippen LogP contribution is 2.35. The topological polar surface area (TPSA) is 131 Å². The van der Waals surface area contributed by atoms with Gasteiger partial charge in [-0.2, -0.15) is 0 Å². The summed E-state index contributed by atoms with van der Waals surface area (Å²) in [5.41, 5.74) is 0. The van der Waals surface area contributed by atoms with Gasteiger partial charge in [-0.1, -0.05) is 96.8 Å². The predicted octanol–water partition coefficient (Wildman–Crippen LogP) is 5.81. The number of esters is 1. The number of phosphoric ester groups is 1. The van der Waals surface area contributed by atoms with E-state index in [0.717, 1.165) is 51.5 Å². The normalized spacial score (nSPS) is 12.4. The zero-order valence-corrected chi connectivity index (χ0v) is 23.4. The summed E-state index contributed by atoms with van der Waals surface area (Å²) in [6.07, 6.45) is 18.7. The van der Waals surface area contributed by atoms with Crippen LogP contribution < -0.4 is 5.32 Å². The number of unbranched alkanes of at least 4 members (excludes halogenated alkanes) is 15. The van der Waals surface area contributed by atoms with E-state index in [4.69, 9.17) is 14.5 Å². The van der Waals surface area contributed by atoms with Gasteiger partial charge < -0.3 is 24.6 Å². The number of rotatable bonds is 28. The summed E-state index contributed by atoms with van der Waals surface area (Å²) in [7, 11) is -4.61. The van der Waals surface area contributed by atoms with E-state index in [9.17, 15) is 14.2 Å². The molecule has 0 bridgehead atoms. The fourth-order valence-corrected chi connectivity index (χ4v) is 4.31. The van der Waals surface area contributed by atoms with Crippen LogP contribution in [0.15, 0.2) is 0 Å². The number of hydrogen-bond acceptors (Lipinski definition) is 7. The number of phosphoric acid groups is 1. The van der Waals surface area contributed by atoms with E-state index in [1.165, 1.54) is 64.2 Å². The second-order valence-electron chi connectivity index (χ2n) is 9.48. The lowest BCUT2D eigenvalue weighted by Gasteiger charge is -2.19. The van der Waals surface area contributed by atoms with Crippen molar-refractivity contribution in [3.05, 3.63) is 0 Å². The van der Waals surface area contributed by atoms with Gasteiger partial charge in [-0.05, 0) is 25.8 Å². The summed E-state index contributed by atoms with van der Waals surface area (Å²) in [6.45, 7) is 3.94. The highest BCUT2D eigenvalue weighted by atomic mass is 31.2. The van der Waals surface area contributed by atoms with Gasteiger partial charge in [0.25, 0.3) is 6.47 Å². The Morgan fingerprint density at radius 2 is 1.36 bits per heavy atom. The molecule has 0 aliphatic heterocycles. The van der Waals surface area contributed by atoms with E-state index in [0.29, 0.717) is 26.0 Å². The van der Waals surface area contributed by atoms with Crippen LogP contribution in [0.25, 0.3) is 0 Å². The van der Waals surface area contributed by atoms with Crippen LogP contribution in [0.3, 0.4) is 0 Å². The molecule has 0 aliphatic carbocycles. The lowest BCUT2D eigenvalue weighted by Crippen LogP contribution is -2.35. The van der Waals surface area contributed by atoms with Gasteiger partial charge in [0.1, 0.15) is 6.10 Å². The average molecular weight is 538 g/mol. The van der Waals surface area contributed by atoms with Crippen LogP contribution in [-0.4, -0.2) is 54.6 Å². The van der Waals surface area contributed by atoms with Crippen LogP contribution in [-0.2, 0) is 28.2 Å². The van der Waals surface area contributed by atoms with Gasteiger partial charge in [-0.25, -0.2) is 4.57 Å². The quantitative estimate of drug-likeness (QED) is 0.0489. The Labute approximate surface area is 218 Å². The number of hydrogen-bond donors (Lipinski definition) is 3. The molecule has 1 atom stereocenters. The lowest BCUT2D eigenvalue weighted by atomic mass is 10.1. The predicted molar refractivity (Wildman–Crippen MR) is 142 cm³/mol. The summed E-state index contributed by atoms with van der Waals surface area (Å²) in [5.74, 6) is -0.348. The molecule has 0 aromatic heterocycles. The smallest absolute Gasteiger partial charge is 0.468 e. The molecular weight excluding hydrogens is 485 g/mol. The standard InChI is InChI=1S/C26H52NO8P/c1-2-3-4-5-10-13-16-19-26(29)35-25(23-34-36(30,31)32)22-27-20-17-14-11-8-6-7-9-12-15-18-21-33-24-28/h24-25,27H,2-23H2,1H3,(H2,30,31,32)/t25-/m0/s1. The first kappa shape index (κ1) is 35.0. The monoisotopic (exact) mass is 537 g/mol. The third-order valence-electron chi connectivity index (χ3n) is 6.02. The fraction of sp³-hybridized carbons (Fsp3) is 0.923. The zero-order chi connectivity index (χ0) is 26.7. The van der Waals surface area contributed by atoms with Crippen molar-refractivity contribution in [3.8, 4) is 0 Å². The van der Waals surface area contributed by atoms with Crippen molar-refractivity contribution >= 4 is 20.3 Å². The molecule has 0 fully saturated rings. The zero-order valence-electron chi connectivity index (χ0n) is 22.5. The van der Waals surface area contributed by atoms with Crippen LogP contribution >= 0.6 is 7.82 Å².